The van der Waals surface area contributed by atoms with E-state index in [2.05, 4.69) is 0 Å². The summed E-state index contributed by atoms with van der Waals surface area (Å²) in [6.45, 7) is 0.101. The molecule has 0 radical (unpaired) electrons. The van der Waals surface area contributed by atoms with Crippen LogP contribution in [0, 0.1) is 0 Å². The monoisotopic (exact) mass is 547 g/mol. The van der Waals surface area contributed by atoms with Crippen molar-refractivity contribution in [1.82, 2.24) is 4.90 Å². The molecule has 0 bridgehead atoms. The number of imide groups is 1. The van der Waals surface area contributed by atoms with E-state index in [-0.39, 0.29) is 38.6 Å². The molecule has 3 aromatic carbocycles. The van der Waals surface area contributed by atoms with E-state index in [0.717, 1.165) is 22.2 Å². The fourth-order valence-electron chi connectivity index (χ4n) is 3.30. The first-order valence-corrected chi connectivity index (χ1v) is 12.1. The highest BCUT2D eigenvalue weighted by molar-refractivity contribution is 8.18. The highest BCUT2D eigenvalue weighted by atomic mass is 35.5. The van der Waals surface area contributed by atoms with Crippen LogP contribution >= 0.6 is 46.6 Å². The van der Waals surface area contributed by atoms with Crippen molar-refractivity contribution in [1.29, 1.82) is 0 Å². The molecule has 35 heavy (non-hydrogen) atoms. The Kier molecular flexibility index (Phi) is 7.72. The number of nitrogens with zero attached hydrogens (tertiary/aromatic N) is 1. The average molecular weight is 549 g/mol. The number of hydrogen-bond acceptors (Lipinski definition) is 6. The van der Waals surface area contributed by atoms with Crippen molar-refractivity contribution in [3.63, 3.8) is 0 Å². The van der Waals surface area contributed by atoms with E-state index in [1.54, 1.807) is 48.5 Å². The van der Waals surface area contributed by atoms with Gasteiger partial charge in [0.2, 0.25) is 0 Å². The normalized spacial score (nSPS) is 14.5. The van der Waals surface area contributed by atoms with Crippen LogP contribution in [0.4, 0.5) is 4.79 Å². The van der Waals surface area contributed by atoms with Crippen molar-refractivity contribution in [3.05, 3.63) is 97.3 Å². The minimum absolute atomic E-state index is 0.00490. The summed E-state index contributed by atoms with van der Waals surface area (Å²) < 4.78 is 10.8. The molecule has 2 amide bonds. The van der Waals surface area contributed by atoms with Crippen LogP contribution in [-0.4, -0.2) is 29.1 Å². The van der Waals surface area contributed by atoms with Gasteiger partial charge >= 0.3 is 5.97 Å². The number of carbonyl (C=O) groups is 3. The van der Waals surface area contributed by atoms with E-state index in [4.69, 9.17) is 44.3 Å². The third kappa shape index (κ3) is 5.65. The molecular formula is C25H16Cl3NO5S. The average Bonchev–Trinajstić information content (AvgIpc) is 3.08. The zero-order chi connectivity index (χ0) is 25.1. The fraction of sp³-hybridized carbons (Fsp3) is 0.0800. The largest absolute Gasteiger partial charge is 0.493 e. The van der Waals surface area contributed by atoms with Gasteiger partial charge in [0.05, 0.1) is 34.2 Å². The predicted octanol–water partition coefficient (Wildman–Crippen LogP) is 7.11. The standard InChI is InChI=1S/C25H16Cl3NO5S/c1-33-20-11-15(10-19(28)22(20)34-24(31)17-7-2-3-8-18(17)27)12-21-23(30)29(25(32)35-21)13-14-5-4-6-16(26)9-14/h2-12H,13H2,1H3/b21-12-. The van der Waals surface area contributed by atoms with Crippen LogP contribution in [0.3, 0.4) is 0 Å². The predicted molar refractivity (Wildman–Crippen MR) is 137 cm³/mol. The van der Waals surface area contributed by atoms with Gasteiger partial charge in [-0.1, -0.05) is 59.1 Å². The number of halogens is 3. The second-order valence-corrected chi connectivity index (χ2v) is 9.55. The smallest absolute Gasteiger partial charge is 0.345 e. The maximum atomic E-state index is 12.9. The molecule has 178 valence electrons. The maximum absolute atomic E-state index is 12.9. The van der Waals surface area contributed by atoms with Crippen molar-refractivity contribution in [2.45, 2.75) is 6.54 Å². The summed E-state index contributed by atoms with van der Waals surface area (Å²) >= 11 is 19.3. The van der Waals surface area contributed by atoms with Crippen molar-refractivity contribution in [2.75, 3.05) is 7.11 Å². The van der Waals surface area contributed by atoms with E-state index in [0.29, 0.717) is 10.6 Å². The second-order valence-electron chi connectivity index (χ2n) is 7.30. The van der Waals surface area contributed by atoms with Crippen LogP contribution in [0.15, 0.2) is 65.6 Å². The number of ether oxygens (including phenoxy) is 2. The number of benzene rings is 3. The Hall–Kier alpha value is -2.97. The minimum atomic E-state index is -0.703. The summed E-state index contributed by atoms with van der Waals surface area (Å²) in [5, 5.41) is 0.429. The summed E-state index contributed by atoms with van der Waals surface area (Å²) in [6, 6.07) is 16.4. The van der Waals surface area contributed by atoms with Gasteiger partial charge in [0.15, 0.2) is 11.5 Å². The summed E-state index contributed by atoms with van der Waals surface area (Å²) in [7, 11) is 1.39. The maximum Gasteiger partial charge on any atom is 0.345 e. The SMILES string of the molecule is COc1cc(/C=C2\SC(=O)N(Cc3cccc(Cl)c3)C2=O)cc(Cl)c1OC(=O)c1ccccc1Cl. The summed E-state index contributed by atoms with van der Waals surface area (Å²) in [6.07, 6.45) is 1.52. The number of methoxy groups -OCH3 is 1. The van der Waals surface area contributed by atoms with Gasteiger partial charge in [-0.15, -0.1) is 0 Å². The zero-order valence-electron chi connectivity index (χ0n) is 18.1. The molecular weight excluding hydrogens is 533 g/mol. The van der Waals surface area contributed by atoms with Gasteiger partial charge in [-0.05, 0) is 65.4 Å². The lowest BCUT2D eigenvalue weighted by Crippen LogP contribution is -2.27. The molecule has 0 N–H and O–H groups in total. The third-order valence-corrected chi connectivity index (χ3v) is 6.69. The molecule has 3 aromatic rings. The lowest BCUT2D eigenvalue weighted by molar-refractivity contribution is -0.123. The topological polar surface area (TPSA) is 72.9 Å². The molecule has 6 nitrogen and oxygen atoms in total. The fourth-order valence-corrected chi connectivity index (χ4v) is 4.82. The van der Waals surface area contributed by atoms with E-state index in [9.17, 15) is 14.4 Å². The van der Waals surface area contributed by atoms with Gasteiger partial charge in [0, 0.05) is 5.02 Å². The Morgan fingerprint density at radius 2 is 1.77 bits per heavy atom. The number of rotatable bonds is 6. The van der Waals surface area contributed by atoms with Gasteiger partial charge in [-0.3, -0.25) is 14.5 Å². The first kappa shape index (κ1) is 25.1. The number of carbonyl (C=O) groups excluding carboxylic acids is 3. The van der Waals surface area contributed by atoms with Crippen molar-refractivity contribution in [3.8, 4) is 11.5 Å². The number of esters is 1. The van der Waals surface area contributed by atoms with Gasteiger partial charge in [0.25, 0.3) is 11.1 Å². The molecule has 1 aliphatic heterocycles. The van der Waals surface area contributed by atoms with Crippen LogP contribution in [0.2, 0.25) is 15.1 Å². The Bertz CT molecular complexity index is 1370. The summed E-state index contributed by atoms with van der Waals surface area (Å²) in [5.41, 5.74) is 1.39. The lowest BCUT2D eigenvalue weighted by atomic mass is 10.1. The first-order chi connectivity index (χ1) is 16.8. The molecule has 1 heterocycles. The molecule has 0 spiro atoms. The lowest BCUT2D eigenvalue weighted by Gasteiger charge is -2.13. The molecule has 1 fully saturated rings. The molecule has 0 aliphatic carbocycles. The van der Waals surface area contributed by atoms with Gasteiger partial charge in [-0.2, -0.15) is 0 Å². The molecule has 1 aliphatic rings. The van der Waals surface area contributed by atoms with E-state index in [1.165, 1.54) is 25.3 Å². The van der Waals surface area contributed by atoms with Gasteiger partial charge in [0.1, 0.15) is 0 Å². The van der Waals surface area contributed by atoms with Crippen LogP contribution in [-0.2, 0) is 11.3 Å². The zero-order valence-corrected chi connectivity index (χ0v) is 21.2. The minimum Gasteiger partial charge on any atom is -0.493 e. The second kappa shape index (κ2) is 10.7. The Labute approximate surface area is 220 Å². The van der Waals surface area contributed by atoms with E-state index < -0.39 is 17.1 Å². The third-order valence-electron chi connectivity index (χ3n) is 4.94. The molecule has 0 atom stereocenters. The number of hydrogen-bond donors (Lipinski definition) is 0. The highest BCUT2D eigenvalue weighted by Crippen LogP contribution is 2.40. The molecule has 0 saturated carbocycles. The molecule has 1 saturated heterocycles. The van der Waals surface area contributed by atoms with Gasteiger partial charge < -0.3 is 9.47 Å². The van der Waals surface area contributed by atoms with Crippen LogP contribution in [0.1, 0.15) is 21.5 Å². The first-order valence-electron chi connectivity index (χ1n) is 10.1. The van der Waals surface area contributed by atoms with Crippen LogP contribution < -0.4 is 9.47 Å². The Morgan fingerprint density at radius 3 is 2.49 bits per heavy atom. The number of thioether (sulfide) groups is 1. The van der Waals surface area contributed by atoms with Crippen molar-refractivity contribution in [2.24, 2.45) is 0 Å². The summed E-state index contributed by atoms with van der Waals surface area (Å²) in [5.74, 6) is -0.970. The van der Waals surface area contributed by atoms with Crippen LogP contribution in [0.25, 0.3) is 6.08 Å². The Balaban J connectivity index is 1.57. The molecule has 10 heteroatoms. The van der Waals surface area contributed by atoms with Crippen molar-refractivity contribution >= 4 is 69.8 Å². The molecule has 4 rings (SSSR count). The molecule has 0 aromatic heterocycles. The Morgan fingerprint density at radius 1 is 1.00 bits per heavy atom. The van der Waals surface area contributed by atoms with Gasteiger partial charge in [-0.25, -0.2) is 4.79 Å². The van der Waals surface area contributed by atoms with Crippen molar-refractivity contribution < 1.29 is 23.9 Å². The molecule has 0 unspecified atom stereocenters. The number of amides is 2. The quantitative estimate of drug-likeness (QED) is 0.186. The van der Waals surface area contributed by atoms with E-state index in [1.807, 2.05) is 0 Å². The highest BCUT2D eigenvalue weighted by Gasteiger charge is 2.35. The van der Waals surface area contributed by atoms with E-state index >= 15 is 0 Å². The van der Waals surface area contributed by atoms with Crippen LogP contribution in [0.5, 0.6) is 11.5 Å². The summed E-state index contributed by atoms with van der Waals surface area (Å²) in [4.78, 5) is 39.3.